The predicted octanol–water partition coefficient (Wildman–Crippen LogP) is 3.50. The molecule has 0 bridgehead atoms. The monoisotopic (exact) mass is 304 g/mol. The van der Waals surface area contributed by atoms with Gasteiger partial charge < -0.3 is 14.6 Å². The number of carboxylic acid groups (broad SMARTS) is 1. The van der Waals surface area contributed by atoms with E-state index in [1.54, 1.807) is 0 Å². The summed E-state index contributed by atoms with van der Waals surface area (Å²) in [5.41, 5.74) is -0.00967. The third-order valence-corrected chi connectivity index (χ3v) is 3.54. The molecule has 0 radical (unpaired) electrons. The molecule has 0 aromatic heterocycles. The molecule has 0 amide bonds. The van der Waals surface area contributed by atoms with Crippen molar-refractivity contribution in [3.63, 3.8) is 0 Å². The van der Waals surface area contributed by atoms with Gasteiger partial charge in [-0.05, 0) is 30.9 Å². The van der Waals surface area contributed by atoms with Crippen molar-refractivity contribution in [1.29, 1.82) is 0 Å². The van der Waals surface area contributed by atoms with E-state index in [0.717, 1.165) is 12.8 Å². The van der Waals surface area contributed by atoms with Crippen molar-refractivity contribution in [2.75, 3.05) is 19.8 Å². The lowest BCUT2D eigenvalue weighted by Gasteiger charge is -2.22. The summed E-state index contributed by atoms with van der Waals surface area (Å²) in [5, 5.41) is 9.63. The second-order valence-electron chi connectivity index (χ2n) is 4.44. The highest BCUT2D eigenvalue weighted by atomic mass is 35.5. The average molecular weight is 305 g/mol. The molecule has 0 aliphatic carbocycles. The van der Waals surface area contributed by atoms with Gasteiger partial charge in [0.15, 0.2) is 5.75 Å². The third kappa shape index (κ3) is 3.75. The molecule has 1 fully saturated rings. The van der Waals surface area contributed by atoms with Crippen molar-refractivity contribution in [3.05, 3.63) is 27.7 Å². The van der Waals surface area contributed by atoms with Crippen LogP contribution in [-0.2, 0) is 4.74 Å². The zero-order valence-electron chi connectivity index (χ0n) is 10.2. The van der Waals surface area contributed by atoms with E-state index in [1.165, 1.54) is 12.1 Å². The second-order valence-corrected chi connectivity index (χ2v) is 5.28. The quantitative estimate of drug-likeness (QED) is 0.925. The molecule has 0 unspecified atom stereocenters. The Morgan fingerprint density at radius 2 is 2.05 bits per heavy atom. The molecule has 1 saturated heterocycles. The number of halogens is 2. The van der Waals surface area contributed by atoms with Crippen LogP contribution in [0, 0.1) is 5.92 Å². The summed E-state index contributed by atoms with van der Waals surface area (Å²) in [5.74, 6) is -0.557. The lowest BCUT2D eigenvalue weighted by atomic mass is 10.0. The molecule has 0 spiro atoms. The highest BCUT2D eigenvalue weighted by Crippen LogP contribution is 2.33. The number of carboxylic acids is 1. The van der Waals surface area contributed by atoms with Gasteiger partial charge in [-0.2, -0.15) is 0 Å². The van der Waals surface area contributed by atoms with Crippen molar-refractivity contribution in [3.8, 4) is 5.75 Å². The van der Waals surface area contributed by atoms with Crippen LogP contribution in [0.25, 0.3) is 0 Å². The lowest BCUT2D eigenvalue weighted by Crippen LogP contribution is -2.22. The number of benzene rings is 1. The molecule has 6 heteroatoms. The minimum Gasteiger partial charge on any atom is -0.491 e. The van der Waals surface area contributed by atoms with E-state index in [2.05, 4.69) is 0 Å². The normalized spacial score (nSPS) is 16.3. The van der Waals surface area contributed by atoms with Gasteiger partial charge in [-0.25, -0.2) is 4.79 Å². The number of ether oxygens (including phenoxy) is 2. The van der Waals surface area contributed by atoms with Crippen molar-refractivity contribution in [2.24, 2.45) is 5.92 Å². The zero-order chi connectivity index (χ0) is 13.8. The van der Waals surface area contributed by atoms with E-state index in [-0.39, 0.29) is 21.4 Å². The fourth-order valence-electron chi connectivity index (χ4n) is 1.98. The highest BCUT2D eigenvalue weighted by molar-refractivity contribution is 6.36. The van der Waals surface area contributed by atoms with E-state index in [0.29, 0.717) is 25.7 Å². The Hall–Kier alpha value is -0.970. The van der Waals surface area contributed by atoms with Crippen LogP contribution < -0.4 is 4.74 Å². The minimum absolute atomic E-state index is 0.00967. The summed E-state index contributed by atoms with van der Waals surface area (Å²) in [7, 11) is 0. The molecule has 1 heterocycles. The summed E-state index contributed by atoms with van der Waals surface area (Å²) in [6.45, 7) is 1.87. The summed E-state index contributed by atoms with van der Waals surface area (Å²) < 4.78 is 10.9. The van der Waals surface area contributed by atoms with Gasteiger partial charge in [0.2, 0.25) is 0 Å². The molecule has 1 aliphatic heterocycles. The van der Waals surface area contributed by atoms with Gasteiger partial charge in [-0.1, -0.05) is 23.2 Å². The molecule has 104 valence electrons. The smallest absolute Gasteiger partial charge is 0.339 e. The number of aromatic carboxylic acids is 1. The molecule has 1 aromatic carbocycles. The largest absolute Gasteiger partial charge is 0.491 e. The number of carbonyl (C=O) groups is 1. The fraction of sp³-hybridized carbons (Fsp3) is 0.462. The molecule has 1 aliphatic rings. The Kier molecular flexibility index (Phi) is 4.91. The maximum atomic E-state index is 11.2. The van der Waals surface area contributed by atoms with Crippen LogP contribution in [0.1, 0.15) is 23.2 Å². The maximum absolute atomic E-state index is 11.2. The van der Waals surface area contributed by atoms with Crippen molar-refractivity contribution >= 4 is 29.2 Å². The van der Waals surface area contributed by atoms with Crippen LogP contribution in [0.5, 0.6) is 5.75 Å². The minimum atomic E-state index is -1.11. The van der Waals surface area contributed by atoms with Gasteiger partial charge in [0.05, 0.1) is 11.6 Å². The Morgan fingerprint density at radius 1 is 1.37 bits per heavy atom. The molecule has 0 atom stereocenters. The molecular weight excluding hydrogens is 291 g/mol. The molecule has 1 N–H and O–H groups in total. The van der Waals surface area contributed by atoms with E-state index in [9.17, 15) is 4.79 Å². The molecule has 4 nitrogen and oxygen atoms in total. The Bertz CT molecular complexity index is 470. The molecule has 19 heavy (non-hydrogen) atoms. The van der Waals surface area contributed by atoms with Gasteiger partial charge in [0, 0.05) is 18.2 Å². The van der Waals surface area contributed by atoms with Crippen molar-refractivity contribution in [2.45, 2.75) is 12.8 Å². The molecule has 1 aromatic rings. The van der Waals surface area contributed by atoms with Crippen molar-refractivity contribution in [1.82, 2.24) is 0 Å². The van der Waals surface area contributed by atoms with Crippen LogP contribution in [0.15, 0.2) is 12.1 Å². The van der Waals surface area contributed by atoms with E-state index < -0.39 is 5.97 Å². The van der Waals surface area contributed by atoms with Crippen LogP contribution in [-0.4, -0.2) is 30.9 Å². The fourth-order valence-corrected chi connectivity index (χ4v) is 2.53. The second kappa shape index (κ2) is 6.46. The summed E-state index contributed by atoms with van der Waals surface area (Å²) in [4.78, 5) is 11.2. The van der Waals surface area contributed by atoms with E-state index >= 15 is 0 Å². The first-order valence-electron chi connectivity index (χ1n) is 6.01. The first-order chi connectivity index (χ1) is 9.08. The average Bonchev–Trinajstić information content (AvgIpc) is 2.38. The van der Waals surface area contributed by atoms with Gasteiger partial charge in [0.1, 0.15) is 5.56 Å². The van der Waals surface area contributed by atoms with E-state index in [4.69, 9.17) is 37.8 Å². The SMILES string of the molecule is O=C(O)c1cc(Cl)cc(Cl)c1OCC1CCOCC1. The summed E-state index contributed by atoms with van der Waals surface area (Å²) in [6, 6.07) is 2.82. The predicted molar refractivity (Wildman–Crippen MR) is 72.5 cm³/mol. The zero-order valence-corrected chi connectivity index (χ0v) is 11.7. The van der Waals surface area contributed by atoms with Gasteiger partial charge in [-0.15, -0.1) is 0 Å². The number of hydrogen-bond donors (Lipinski definition) is 1. The Balaban J connectivity index is 2.12. The lowest BCUT2D eigenvalue weighted by molar-refractivity contribution is 0.0490. The van der Waals surface area contributed by atoms with Crippen LogP contribution in [0.4, 0.5) is 0 Å². The van der Waals surface area contributed by atoms with Crippen LogP contribution in [0.2, 0.25) is 10.0 Å². The third-order valence-electron chi connectivity index (χ3n) is 3.04. The summed E-state index contributed by atoms with van der Waals surface area (Å²) >= 11 is 11.8. The highest BCUT2D eigenvalue weighted by Gasteiger charge is 2.19. The molecular formula is C13H14Cl2O4. The topological polar surface area (TPSA) is 55.8 Å². The molecule has 0 saturated carbocycles. The Labute approximate surface area is 121 Å². The van der Waals surface area contributed by atoms with Gasteiger partial charge >= 0.3 is 5.97 Å². The van der Waals surface area contributed by atoms with Crippen LogP contribution >= 0.6 is 23.2 Å². The van der Waals surface area contributed by atoms with Gasteiger partial charge in [0.25, 0.3) is 0 Å². The van der Waals surface area contributed by atoms with Crippen LogP contribution in [0.3, 0.4) is 0 Å². The Morgan fingerprint density at radius 3 is 2.68 bits per heavy atom. The first kappa shape index (κ1) is 14.4. The number of hydrogen-bond acceptors (Lipinski definition) is 3. The molecule has 2 rings (SSSR count). The number of rotatable bonds is 4. The van der Waals surface area contributed by atoms with Gasteiger partial charge in [-0.3, -0.25) is 0 Å². The van der Waals surface area contributed by atoms with Crippen molar-refractivity contribution < 1.29 is 19.4 Å². The van der Waals surface area contributed by atoms with E-state index in [1.807, 2.05) is 0 Å². The first-order valence-corrected chi connectivity index (χ1v) is 6.76. The summed E-state index contributed by atoms with van der Waals surface area (Å²) in [6.07, 6.45) is 1.82. The standard InChI is InChI=1S/C13H14Cl2O4/c14-9-5-10(13(16)17)12(11(15)6-9)19-7-8-1-3-18-4-2-8/h5-6,8H,1-4,7H2,(H,16,17). The maximum Gasteiger partial charge on any atom is 0.339 e.